The van der Waals surface area contributed by atoms with E-state index in [1.165, 1.54) is 34.9 Å². The molecule has 0 saturated heterocycles. The molecule has 3 aromatic heterocycles. The van der Waals surface area contributed by atoms with Crippen molar-refractivity contribution in [3.05, 3.63) is 311 Å². The molecule has 84 heavy (non-hydrogen) atoms. The minimum Gasteiger partial charge on any atom is -0.508 e. The monoisotopic (exact) mass is 1310 g/mol. The molecular formula is C66H59BBr3N9O5. The molecule has 0 bridgehead atoms. The van der Waals surface area contributed by atoms with Gasteiger partial charge in [-0.3, -0.25) is 0 Å². The van der Waals surface area contributed by atoms with Gasteiger partial charge in [0, 0.05) is 14.3 Å². The van der Waals surface area contributed by atoms with Gasteiger partial charge in [-0.1, -0.05) is 206 Å². The number of halogens is 3. The van der Waals surface area contributed by atoms with Gasteiger partial charge in [0.1, 0.15) is 68.4 Å². The standard InChI is InChI=1S/C22H19N3O.C15H13N3O.C13H13BO3.C9H8BrN3.C7H6Br2/c1-2-5-18(6-3-1)15-26-22-11-9-20(10-12-22)21-8-4-7-19(13-21)14-25-17-23-16-24-25;19-15-6-4-13(5-7-15)14-3-1-2-12(8-14)9-18-11-16-10-17-18;15-14(16)12-6-8-13(9-7-12)17-10-11-4-2-1-3-5-11;10-9-3-1-2-8(4-9)5-13-7-11-6-12-13;8-5-6-2-1-3-7(9)4-6/h1-13,16-17H,14-15H2;1-8,10-11,19H,9H2;1-9,15-16H,10H2;1-4,6-7H,5H2;1-4H,5H2. The molecule has 0 spiro atoms. The average molecular weight is 1310 g/mol. The highest BCUT2D eigenvalue weighted by molar-refractivity contribution is 9.10. The Labute approximate surface area is 514 Å². The van der Waals surface area contributed by atoms with Crippen LogP contribution >= 0.6 is 47.8 Å². The summed E-state index contributed by atoms with van der Waals surface area (Å²) < 4.78 is 19.0. The Hall–Kier alpha value is -8.78. The number of aromatic hydroxyl groups is 1. The van der Waals surface area contributed by atoms with Crippen LogP contribution in [0.2, 0.25) is 0 Å². The molecule has 3 N–H and O–H groups in total. The molecular weight excluding hydrogens is 1250 g/mol. The first-order valence-electron chi connectivity index (χ1n) is 26.5. The minimum atomic E-state index is -1.43. The molecule has 0 saturated carbocycles. The zero-order valence-electron chi connectivity index (χ0n) is 45.5. The van der Waals surface area contributed by atoms with Crippen LogP contribution in [0.25, 0.3) is 22.3 Å². The van der Waals surface area contributed by atoms with E-state index < -0.39 is 7.12 Å². The number of benzene rings is 9. The first-order valence-corrected chi connectivity index (χ1v) is 29.2. The Morgan fingerprint density at radius 2 is 0.750 bits per heavy atom. The highest BCUT2D eigenvalue weighted by Gasteiger charge is 2.10. The van der Waals surface area contributed by atoms with Crippen LogP contribution in [0, 0.1) is 0 Å². The fourth-order valence-electron chi connectivity index (χ4n) is 8.07. The summed E-state index contributed by atoms with van der Waals surface area (Å²) in [5.74, 6) is 1.86. The van der Waals surface area contributed by atoms with Crippen molar-refractivity contribution >= 4 is 60.4 Å². The Balaban J connectivity index is 0.000000142. The predicted molar refractivity (Wildman–Crippen MR) is 342 cm³/mol. The maximum absolute atomic E-state index is 9.31. The molecule has 18 heteroatoms. The smallest absolute Gasteiger partial charge is 0.488 e. The van der Waals surface area contributed by atoms with E-state index in [1.54, 1.807) is 71.1 Å². The van der Waals surface area contributed by atoms with E-state index in [9.17, 15) is 5.11 Å². The van der Waals surface area contributed by atoms with Crippen molar-refractivity contribution in [3.63, 3.8) is 0 Å². The first kappa shape index (κ1) is 61.3. The zero-order chi connectivity index (χ0) is 58.6. The van der Waals surface area contributed by atoms with E-state index in [1.807, 2.05) is 108 Å². The largest absolute Gasteiger partial charge is 0.508 e. The fourth-order valence-corrected chi connectivity index (χ4v) is 9.32. The van der Waals surface area contributed by atoms with Gasteiger partial charge in [-0.05, 0) is 134 Å². The van der Waals surface area contributed by atoms with E-state index in [-0.39, 0.29) is 5.75 Å². The van der Waals surface area contributed by atoms with Gasteiger partial charge in [0.25, 0.3) is 0 Å². The van der Waals surface area contributed by atoms with Crippen molar-refractivity contribution in [2.24, 2.45) is 0 Å². The van der Waals surface area contributed by atoms with Crippen LogP contribution in [0.15, 0.2) is 277 Å². The van der Waals surface area contributed by atoms with Gasteiger partial charge in [-0.15, -0.1) is 0 Å². The van der Waals surface area contributed by atoms with Crippen LogP contribution in [0.1, 0.15) is 33.4 Å². The second-order valence-electron chi connectivity index (χ2n) is 18.6. The number of phenols is 1. The Morgan fingerprint density at radius 1 is 0.381 bits per heavy atom. The van der Waals surface area contributed by atoms with Gasteiger partial charge in [0.15, 0.2) is 0 Å². The third kappa shape index (κ3) is 21.2. The lowest BCUT2D eigenvalue weighted by Crippen LogP contribution is -2.29. The van der Waals surface area contributed by atoms with E-state index in [0.29, 0.717) is 37.5 Å². The van der Waals surface area contributed by atoms with Crippen molar-refractivity contribution in [2.45, 2.75) is 38.2 Å². The number of nitrogens with zero attached hydrogens (tertiary/aromatic N) is 9. The van der Waals surface area contributed by atoms with Crippen LogP contribution in [0.5, 0.6) is 17.2 Å². The highest BCUT2D eigenvalue weighted by atomic mass is 79.9. The van der Waals surface area contributed by atoms with Crippen LogP contribution < -0.4 is 14.9 Å². The van der Waals surface area contributed by atoms with Crippen molar-refractivity contribution < 1.29 is 24.6 Å². The molecule has 12 aromatic rings. The second-order valence-corrected chi connectivity index (χ2v) is 21.0. The first-order chi connectivity index (χ1) is 41.1. The topological polar surface area (TPSA) is 171 Å². The number of alkyl halides is 1. The summed E-state index contributed by atoms with van der Waals surface area (Å²) in [5.41, 5.74) is 12.1. The normalized spacial score (nSPS) is 10.3. The number of phenolic OH excluding ortho intramolecular Hbond substituents is 1. The molecule has 422 valence electrons. The third-order valence-corrected chi connectivity index (χ3v) is 13.9. The lowest BCUT2D eigenvalue weighted by molar-refractivity contribution is 0.306. The molecule has 0 unspecified atom stereocenters. The van der Waals surface area contributed by atoms with Gasteiger partial charge in [-0.2, -0.15) is 15.3 Å². The molecule has 0 radical (unpaired) electrons. The summed E-state index contributed by atoms with van der Waals surface area (Å²) >= 11 is 10.2. The van der Waals surface area contributed by atoms with E-state index in [2.05, 4.69) is 169 Å². The maximum atomic E-state index is 9.31. The molecule has 14 nitrogen and oxygen atoms in total. The van der Waals surface area contributed by atoms with E-state index in [4.69, 9.17) is 19.5 Å². The number of hydrogen-bond acceptors (Lipinski definition) is 11. The average Bonchev–Trinajstić information content (AvgIpc) is 4.49. The molecule has 0 fully saturated rings. The summed E-state index contributed by atoms with van der Waals surface area (Å²) in [7, 11) is -1.43. The lowest BCUT2D eigenvalue weighted by atomic mass is 9.80. The molecule has 0 aliphatic carbocycles. The molecule has 12 rings (SSSR count). The van der Waals surface area contributed by atoms with E-state index in [0.717, 1.165) is 60.0 Å². The van der Waals surface area contributed by atoms with Crippen molar-refractivity contribution in [2.75, 3.05) is 0 Å². The van der Waals surface area contributed by atoms with Gasteiger partial charge in [0.2, 0.25) is 0 Å². The van der Waals surface area contributed by atoms with E-state index >= 15 is 0 Å². The Kier molecular flexibility index (Phi) is 24.3. The minimum absolute atomic E-state index is 0.280. The summed E-state index contributed by atoms with van der Waals surface area (Å²) in [4.78, 5) is 11.8. The zero-order valence-corrected chi connectivity index (χ0v) is 50.3. The number of aromatic nitrogens is 9. The summed E-state index contributed by atoms with van der Waals surface area (Å²) in [6.07, 6.45) is 9.76. The number of ether oxygens (including phenoxy) is 2. The van der Waals surface area contributed by atoms with Crippen LogP contribution in [-0.4, -0.2) is 66.6 Å². The highest BCUT2D eigenvalue weighted by Crippen LogP contribution is 2.26. The number of hydrogen-bond donors (Lipinski definition) is 3. The summed E-state index contributed by atoms with van der Waals surface area (Å²) in [6, 6.07) is 75.3. The van der Waals surface area contributed by atoms with Crippen LogP contribution in [-0.2, 0) is 38.2 Å². The Morgan fingerprint density at radius 3 is 1.13 bits per heavy atom. The van der Waals surface area contributed by atoms with Crippen LogP contribution in [0.3, 0.4) is 0 Å². The van der Waals surface area contributed by atoms with Gasteiger partial charge in [0.05, 0.1) is 19.6 Å². The number of rotatable bonds is 16. The van der Waals surface area contributed by atoms with Gasteiger partial charge < -0.3 is 24.6 Å². The van der Waals surface area contributed by atoms with Crippen molar-refractivity contribution in [3.8, 4) is 39.5 Å². The lowest BCUT2D eigenvalue weighted by Gasteiger charge is -2.09. The predicted octanol–water partition coefficient (Wildman–Crippen LogP) is 13.6. The van der Waals surface area contributed by atoms with Gasteiger partial charge >= 0.3 is 7.12 Å². The van der Waals surface area contributed by atoms with Crippen molar-refractivity contribution in [1.82, 2.24) is 44.3 Å². The molecule has 0 aliphatic heterocycles. The van der Waals surface area contributed by atoms with Gasteiger partial charge in [-0.25, -0.2) is 29.0 Å². The molecule has 0 amide bonds. The molecule has 0 atom stereocenters. The fraction of sp³-hybridized carbons (Fsp3) is 0.0909. The summed E-state index contributed by atoms with van der Waals surface area (Å²) in [5, 5.41) is 40.4. The quantitative estimate of drug-likeness (QED) is 0.0621. The van der Waals surface area contributed by atoms with Crippen LogP contribution in [0.4, 0.5) is 0 Å². The van der Waals surface area contributed by atoms with Crippen molar-refractivity contribution in [1.29, 1.82) is 0 Å². The molecule has 9 aromatic carbocycles. The Bertz CT molecular complexity index is 3760. The second kappa shape index (κ2) is 33.4. The summed E-state index contributed by atoms with van der Waals surface area (Å²) in [6.45, 7) is 3.26. The molecule has 3 heterocycles. The SMILES string of the molecule is BrCc1cccc(Br)c1.Brc1cccc(Cn2cncn2)c1.OB(O)c1ccc(OCc2ccccc2)cc1.Oc1ccc(-c2cccc(Cn3cncn3)c2)cc1.c1ccc(COc2ccc(-c3cccc(Cn4cncn4)c3)cc2)cc1. The maximum Gasteiger partial charge on any atom is 0.488 e. The molecule has 0 aliphatic rings. The third-order valence-electron chi connectivity index (χ3n) is 12.3.